The molecule has 0 unspecified atom stereocenters. The molecule has 3 heteroatoms. The number of hydrogen-bond donors (Lipinski definition) is 2. The number of aromatic amines is 1. The summed E-state index contributed by atoms with van der Waals surface area (Å²) in [4.78, 5) is 5.90. The molecule has 0 atom stereocenters. The summed E-state index contributed by atoms with van der Waals surface area (Å²) in [6, 6.07) is 16.9. The molecule has 27 heavy (non-hydrogen) atoms. The molecule has 0 amide bonds. The van der Waals surface area contributed by atoms with E-state index in [0.717, 1.165) is 37.0 Å². The Morgan fingerprint density at radius 3 is 2.63 bits per heavy atom. The lowest BCUT2D eigenvalue weighted by Gasteiger charge is -2.26. The second-order valence-electron chi connectivity index (χ2n) is 7.41. The highest BCUT2D eigenvalue weighted by molar-refractivity contribution is 5.86. The molecule has 3 aromatic rings. The number of hydrogen-bond acceptors (Lipinski definition) is 2. The highest BCUT2D eigenvalue weighted by Gasteiger charge is 2.12. The first-order valence-electron chi connectivity index (χ1n) is 10.0. The number of fused-ring (bicyclic) bond motifs is 1. The number of aliphatic hydroxyl groups excluding tert-OH is 1. The molecule has 2 aromatic carbocycles. The van der Waals surface area contributed by atoms with Crippen LogP contribution in [-0.4, -0.2) is 34.6 Å². The Bertz CT molecular complexity index is 911. The Morgan fingerprint density at radius 2 is 1.85 bits per heavy atom. The molecule has 0 radical (unpaired) electrons. The molecule has 4 rings (SSSR count). The number of unbranched alkanes of at least 4 members (excludes halogenated alkanes) is 1. The molecule has 1 aliphatic rings. The summed E-state index contributed by atoms with van der Waals surface area (Å²) < 4.78 is 0. The normalized spacial score (nSPS) is 15.2. The summed E-state index contributed by atoms with van der Waals surface area (Å²) in [6.07, 6.45) is 9.17. The Kier molecular flexibility index (Phi) is 5.71. The summed E-state index contributed by atoms with van der Waals surface area (Å²) >= 11 is 0. The molecular formula is C24H28N2O. The summed E-state index contributed by atoms with van der Waals surface area (Å²) in [5, 5.41) is 10.7. The lowest BCUT2D eigenvalue weighted by molar-refractivity contribution is 0.283. The minimum Gasteiger partial charge on any atom is -0.392 e. The Morgan fingerprint density at radius 1 is 0.963 bits per heavy atom. The Labute approximate surface area is 161 Å². The molecule has 140 valence electrons. The first kappa shape index (κ1) is 18.0. The van der Waals surface area contributed by atoms with Crippen LogP contribution in [0.25, 0.3) is 16.5 Å². The van der Waals surface area contributed by atoms with Crippen molar-refractivity contribution in [2.45, 2.75) is 32.3 Å². The molecule has 0 saturated heterocycles. The number of aryl methyl sites for hydroxylation is 1. The van der Waals surface area contributed by atoms with Gasteiger partial charge in [0.05, 0.1) is 12.1 Å². The van der Waals surface area contributed by atoms with Gasteiger partial charge in [-0.25, -0.2) is 0 Å². The van der Waals surface area contributed by atoms with Gasteiger partial charge < -0.3 is 10.1 Å². The van der Waals surface area contributed by atoms with Crippen LogP contribution in [0.1, 0.15) is 36.0 Å². The van der Waals surface area contributed by atoms with Crippen molar-refractivity contribution in [1.82, 2.24) is 9.88 Å². The second-order valence-corrected chi connectivity index (χ2v) is 7.41. The van der Waals surface area contributed by atoms with Crippen molar-refractivity contribution in [2.75, 3.05) is 19.6 Å². The van der Waals surface area contributed by atoms with E-state index in [0.29, 0.717) is 0 Å². The molecular weight excluding hydrogens is 332 g/mol. The van der Waals surface area contributed by atoms with Gasteiger partial charge in [0, 0.05) is 30.2 Å². The zero-order valence-corrected chi connectivity index (χ0v) is 15.8. The molecule has 1 aliphatic heterocycles. The highest BCUT2D eigenvalue weighted by atomic mass is 16.3. The van der Waals surface area contributed by atoms with Crippen LogP contribution in [0.3, 0.4) is 0 Å². The van der Waals surface area contributed by atoms with Gasteiger partial charge in [0.1, 0.15) is 0 Å². The molecule has 0 fully saturated rings. The standard InChI is InChI=1S/C24H28N2O/c27-18-22-10-6-11-23-21(17-25-24(22)23)9-4-5-14-26-15-12-20(13-16-26)19-7-2-1-3-8-19/h1-3,6-8,10-12,17,25,27H,4-5,9,13-16,18H2. The maximum absolute atomic E-state index is 9.46. The molecule has 0 spiro atoms. The van der Waals surface area contributed by atoms with E-state index < -0.39 is 0 Å². The van der Waals surface area contributed by atoms with E-state index in [9.17, 15) is 5.11 Å². The Balaban J connectivity index is 1.26. The molecule has 0 saturated carbocycles. The van der Waals surface area contributed by atoms with Crippen molar-refractivity contribution in [1.29, 1.82) is 0 Å². The van der Waals surface area contributed by atoms with Crippen LogP contribution in [0.4, 0.5) is 0 Å². The number of benzene rings is 2. The van der Waals surface area contributed by atoms with Crippen molar-refractivity contribution < 1.29 is 5.11 Å². The molecule has 2 N–H and O–H groups in total. The van der Waals surface area contributed by atoms with E-state index in [-0.39, 0.29) is 6.61 Å². The van der Waals surface area contributed by atoms with Crippen LogP contribution in [0.5, 0.6) is 0 Å². The smallest absolute Gasteiger partial charge is 0.0702 e. The van der Waals surface area contributed by atoms with E-state index in [4.69, 9.17) is 0 Å². The van der Waals surface area contributed by atoms with Crippen LogP contribution >= 0.6 is 0 Å². The lowest BCUT2D eigenvalue weighted by atomic mass is 9.99. The van der Waals surface area contributed by atoms with Gasteiger partial charge in [0.2, 0.25) is 0 Å². The van der Waals surface area contributed by atoms with E-state index >= 15 is 0 Å². The number of nitrogens with one attached hydrogen (secondary N) is 1. The monoisotopic (exact) mass is 360 g/mol. The number of para-hydroxylation sites is 1. The topological polar surface area (TPSA) is 39.3 Å². The summed E-state index contributed by atoms with van der Waals surface area (Å²) in [7, 11) is 0. The largest absolute Gasteiger partial charge is 0.392 e. The van der Waals surface area contributed by atoms with Crippen LogP contribution in [0, 0.1) is 0 Å². The van der Waals surface area contributed by atoms with Crippen molar-refractivity contribution in [2.24, 2.45) is 0 Å². The number of H-pyrrole nitrogens is 1. The van der Waals surface area contributed by atoms with E-state index in [2.05, 4.69) is 58.6 Å². The fourth-order valence-corrected chi connectivity index (χ4v) is 4.09. The van der Waals surface area contributed by atoms with Gasteiger partial charge in [-0.2, -0.15) is 0 Å². The first-order valence-corrected chi connectivity index (χ1v) is 10.0. The quantitative estimate of drug-likeness (QED) is 0.596. The minimum absolute atomic E-state index is 0.0880. The van der Waals surface area contributed by atoms with Gasteiger partial charge in [-0.05, 0) is 48.9 Å². The van der Waals surface area contributed by atoms with Gasteiger partial charge >= 0.3 is 0 Å². The summed E-state index contributed by atoms with van der Waals surface area (Å²) in [5.41, 5.74) is 6.30. The van der Waals surface area contributed by atoms with Crippen LogP contribution in [0.15, 0.2) is 60.8 Å². The van der Waals surface area contributed by atoms with Crippen molar-refractivity contribution in [3.05, 3.63) is 77.5 Å². The fourth-order valence-electron chi connectivity index (χ4n) is 4.09. The van der Waals surface area contributed by atoms with Crippen molar-refractivity contribution >= 4 is 16.5 Å². The second kappa shape index (κ2) is 8.55. The third-order valence-corrected chi connectivity index (χ3v) is 5.67. The van der Waals surface area contributed by atoms with Crippen LogP contribution in [0.2, 0.25) is 0 Å². The van der Waals surface area contributed by atoms with E-state index in [1.54, 1.807) is 0 Å². The summed E-state index contributed by atoms with van der Waals surface area (Å²) in [5.74, 6) is 0. The third kappa shape index (κ3) is 4.15. The van der Waals surface area contributed by atoms with Gasteiger partial charge in [-0.3, -0.25) is 4.90 Å². The molecule has 3 nitrogen and oxygen atoms in total. The zero-order valence-electron chi connectivity index (χ0n) is 15.8. The van der Waals surface area contributed by atoms with Crippen molar-refractivity contribution in [3.8, 4) is 0 Å². The minimum atomic E-state index is 0.0880. The van der Waals surface area contributed by atoms with E-state index in [1.165, 1.54) is 41.5 Å². The average Bonchev–Trinajstić information content (AvgIpc) is 3.15. The van der Waals surface area contributed by atoms with Crippen LogP contribution < -0.4 is 0 Å². The molecule has 1 aromatic heterocycles. The average molecular weight is 361 g/mol. The molecule has 0 aliphatic carbocycles. The number of aliphatic hydroxyl groups is 1. The number of aromatic nitrogens is 1. The van der Waals surface area contributed by atoms with E-state index in [1.807, 2.05) is 12.1 Å². The molecule has 2 heterocycles. The third-order valence-electron chi connectivity index (χ3n) is 5.67. The maximum atomic E-state index is 9.46. The van der Waals surface area contributed by atoms with Crippen LogP contribution in [-0.2, 0) is 13.0 Å². The SMILES string of the molecule is OCc1cccc2c(CCCCN3CC=C(c4ccccc4)CC3)c[nH]c12. The highest BCUT2D eigenvalue weighted by Crippen LogP contribution is 2.24. The van der Waals surface area contributed by atoms with Gasteiger partial charge in [-0.15, -0.1) is 0 Å². The zero-order chi connectivity index (χ0) is 18.5. The Hall–Kier alpha value is -2.36. The maximum Gasteiger partial charge on any atom is 0.0702 e. The van der Waals surface area contributed by atoms with Gasteiger partial charge in [0.25, 0.3) is 0 Å². The summed E-state index contributed by atoms with van der Waals surface area (Å²) in [6.45, 7) is 3.48. The number of nitrogens with zero attached hydrogens (tertiary/aromatic N) is 1. The predicted octanol–water partition coefficient (Wildman–Crippen LogP) is 4.77. The first-order chi connectivity index (χ1) is 13.3. The fraction of sp³-hybridized carbons (Fsp3) is 0.333. The van der Waals surface area contributed by atoms with Gasteiger partial charge in [-0.1, -0.05) is 54.6 Å². The predicted molar refractivity (Wildman–Crippen MR) is 113 cm³/mol. The van der Waals surface area contributed by atoms with Gasteiger partial charge in [0.15, 0.2) is 0 Å². The lowest BCUT2D eigenvalue weighted by Crippen LogP contribution is -2.29. The van der Waals surface area contributed by atoms with Crippen molar-refractivity contribution in [3.63, 3.8) is 0 Å². The molecule has 0 bridgehead atoms. The number of rotatable bonds is 7.